The highest BCUT2D eigenvalue weighted by atomic mass is 16.3. The van der Waals surface area contributed by atoms with E-state index in [4.69, 9.17) is 5.73 Å². The Bertz CT molecular complexity index is 794. The van der Waals surface area contributed by atoms with Gasteiger partial charge < -0.3 is 20.7 Å². The number of nitrogens with one attached hydrogen (secondary N) is 1. The number of hydrogen-bond acceptors (Lipinski definition) is 4. The van der Waals surface area contributed by atoms with Crippen molar-refractivity contribution in [1.82, 2.24) is 9.88 Å². The molecule has 0 spiro atoms. The summed E-state index contributed by atoms with van der Waals surface area (Å²) in [6.45, 7) is 5.84. The number of fused-ring (bicyclic) bond motifs is 1. The molecular weight excluding hydrogens is 294 g/mol. The predicted molar refractivity (Wildman–Crippen MR) is 91.5 cm³/mol. The second kappa shape index (κ2) is 6.42. The molecule has 23 heavy (non-hydrogen) atoms. The second-order valence-electron chi connectivity index (χ2n) is 6.30. The first-order chi connectivity index (χ1) is 10.8. The Labute approximate surface area is 134 Å². The largest absolute Gasteiger partial charge is 0.398 e. The standard InChI is InChI=1S/C17H23N3O3/c1-4-8-20-9-11(16(23)19-17(2,3)10-21)15(22)14-12(18)6-5-7-13(14)20/h5-7,9,21H,4,8,10,18H2,1-3H3,(H,19,23). The number of carbonyl (C=O) groups excluding carboxylic acids is 1. The van der Waals surface area contributed by atoms with Crippen LogP contribution >= 0.6 is 0 Å². The minimum absolute atomic E-state index is 0.0328. The summed E-state index contributed by atoms with van der Waals surface area (Å²) in [5, 5.41) is 12.3. The van der Waals surface area contributed by atoms with Crippen LogP contribution in [0.4, 0.5) is 5.69 Å². The Kier molecular flexibility index (Phi) is 4.75. The van der Waals surface area contributed by atoms with Crippen LogP contribution in [0.2, 0.25) is 0 Å². The van der Waals surface area contributed by atoms with Gasteiger partial charge in [0.2, 0.25) is 5.43 Å². The van der Waals surface area contributed by atoms with E-state index in [1.807, 2.05) is 17.6 Å². The zero-order valence-corrected chi connectivity index (χ0v) is 13.7. The number of nitrogens with two attached hydrogens (primary N) is 1. The summed E-state index contributed by atoms with van der Waals surface area (Å²) < 4.78 is 1.87. The van der Waals surface area contributed by atoms with Crippen molar-refractivity contribution in [1.29, 1.82) is 0 Å². The van der Waals surface area contributed by atoms with Crippen LogP contribution in [-0.2, 0) is 6.54 Å². The van der Waals surface area contributed by atoms with E-state index in [0.29, 0.717) is 17.6 Å². The molecule has 1 aromatic heterocycles. The molecule has 124 valence electrons. The first kappa shape index (κ1) is 17.0. The first-order valence-electron chi connectivity index (χ1n) is 7.65. The number of aliphatic hydroxyl groups excluding tert-OH is 1. The van der Waals surface area contributed by atoms with Crippen LogP contribution in [0.25, 0.3) is 10.9 Å². The van der Waals surface area contributed by atoms with Gasteiger partial charge in [0, 0.05) is 18.4 Å². The Hall–Kier alpha value is -2.34. The molecule has 2 rings (SSSR count). The van der Waals surface area contributed by atoms with Crippen LogP contribution in [0.1, 0.15) is 37.6 Å². The van der Waals surface area contributed by atoms with E-state index in [2.05, 4.69) is 5.32 Å². The summed E-state index contributed by atoms with van der Waals surface area (Å²) in [7, 11) is 0. The maximum atomic E-state index is 12.7. The number of aliphatic hydroxyl groups is 1. The van der Waals surface area contributed by atoms with E-state index in [1.165, 1.54) is 0 Å². The highest BCUT2D eigenvalue weighted by Gasteiger charge is 2.23. The maximum absolute atomic E-state index is 12.7. The fourth-order valence-corrected chi connectivity index (χ4v) is 2.46. The summed E-state index contributed by atoms with van der Waals surface area (Å²) in [6, 6.07) is 5.26. The quantitative estimate of drug-likeness (QED) is 0.728. The Morgan fingerprint density at radius 1 is 1.39 bits per heavy atom. The monoisotopic (exact) mass is 317 g/mol. The third kappa shape index (κ3) is 3.37. The fraction of sp³-hybridized carbons (Fsp3) is 0.412. The van der Waals surface area contributed by atoms with Crippen LogP contribution in [0.15, 0.2) is 29.2 Å². The van der Waals surface area contributed by atoms with Gasteiger partial charge >= 0.3 is 0 Å². The van der Waals surface area contributed by atoms with Crippen LogP contribution < -0.4 is 16.5 Å². The lowest BCUT2D eigenvalue weighted by atomic mass is 10.0. The number of pyridine rings is 1. The van der Waals surface area contributed by atoms with Gasteiger partial charge in [-0.2, -0.15) is 0 Å². The third-order valence-corrected chi connectivity index (χ3v) is 3.70. The van der Waals surface area contributed by atoms with Gasteiger partial charge in [0.15, 0.2) is 0 Å². The summed E-state index contributed by atoms with van der Waals surface area (Å²) >= 11 is 0. The molecule has 0 saturated heterocycles. The van der Waals surface area contributed by atoms with Crippen molar-refractivity contribution in [3.8, 4) is 0 Å². The Balaban J connectivity index is 2.65. The number of benzene rings is 1. The van der Waals surface area contributed by atoms with Gasteiger partial charge in [-0.1, -0.05) is 13.0 Å². The summed E-state index contributed by atoms with van der Waals surface area (Å²) in [4.78, 5) is 25.2. The van der Waals surface area contributed by atoms with E-state index in [0.717, 1.165) is 11.9 Å². The Morgan fingerprint density at radius 2 is 2.09 bits per heavy atom. The molecule has 6 heteroatoms. The summed E-state index contributed by atoms with van der Waals surface area (Å²) in [5.41, 5.74) is 5.86. The van der Waals surface area contributed by atoms with Crippen molar-refractivity contribution in [2.45, 2.75) is 39.3 Å². The molecule has 1 heterocycles. The molecule has 0 saturated carbocycles. The van der Waals surface area contributed by atoms with Crippen molar-refractivity contribution in [2.24, 2.45) is 0 Å². The fourth-order valence-electron chi connectivity index (χ4n) is 2.46. The summed E-state index contributed by atoms with van der Waals surface area (Å²) in [6.07, 6.45) is 2.42. The third-order valence-electron chi connectivity index (χ3n) is 3.70. The average molecular weight is 317 g/mol. The number of amides is 1. The smallest absolute Gasteiger partial charge is 0.257 e. The zero-order valence-electron chi connectivity index (χ0n) is 13.7. The molecule has 0 aliphatic carbocycles. The van der Waals surface area contributed by atoms with Gasteiger partial charge in [-0.3, -0.25) is 9.59 Å². The molecule has 1 aromatic carbocycles. The number of aryl methyl sites for hydroxylation is 1. The number of rotatable bonds is 5. The van der Waals surface area contributed by atoms with Crippen molar-refractivity contribution >= 4 is 22.5 Å². The number of nitrogens with zero attached hydrogens (tertiary/aromatic N) is 1. The first-order valence-corrected chi connectivity index (χ1v) is 7.65. The molecule has 0 radical (unpaired) electrons. The van der Waals surface area contributed by atoms with E-state index >= 15 is 0 Å². The van der Waals surface area contributed by atoms with Gasteiger partial charge in [0.1, 0.15) is 5.56 Å². The van der Waals surface area contributed by atoms with E-state index in [1.54, 1.807) is 32.2 Å². The molecule has 6 nitrogen and oxygen atoms in total. The molecular formula is C17H23N3O3. The van der Waals surface area contributed by atoms with Crippen molar-refractivity contribution in [2.75, 3.05) is 12.3 Å². The molecule has 0 aliphatic rings. The van der Waals surface area contributed by atoms with Crippen LogP contribution in [-0.4, -0.2) is 27.7 Å². The van der Waals surface area contributed by atoms with Crippen LogP contribution in [0.5, 0.6) is 0 Å². The molecule has 0 fully saturated rings. The van der Waals surface area contributed by atoms with Gasteiger partial charge in [-0.15, -0.1) is 0 Å². The molecule has 0 atom stereocenters. The average Bonchev–Trinajstić information content (AvgIpc) is 2.49. The van der Waals surface area contributed by atoms with Crippen molar-refractivity contribution in [3.05, 3.63) is 40.2 Å². The van der Waals surface area contributed by atoms with E-state index in [9.17, 15) is 14.7 Å². The lowest BCUT2D eigenvalue weighted by molar-refractivity contribution is 0.0867. The van der Waals surface area contributed by atoms with Gasteiger partial charge in [-0.25, -0.2) is 0 Å². The molecule has 1 amide bonds. The number of nitrogen functional groups attached to an aromatic ring is 1. The lowest BCUT2D eigenvalue weighted by Gasteiger charge is -2.23. The minimum Gasteiger partial charge on any atom is -0.398 e. The highest BCUT2D eigenvalue weighted by molar-refractivity contribution is 6.00. The highest BCUT2D eigenvalue weighted by Crippen LogP contribution is 2.19. The number of carbonyl (C=O) groups is 1. The van der Waals surface area contributed by atoms with Crippen LogP contribution in [0, 0.1) is 0 Å². The molecule has 0 bridgehead atoms. The van der Waals surface area contributed by atoms with E-state index in [-0.39, 0.29) is 12.2 Å². The number of aromatic nitrogens is 1. The molecule has 0 unspecified atom stereocenters. The Morgan fingerprint density at radius 3 is 2.70 bits per heavy atom. The predicted octanol–water partition coefficient (Wildman–Crippen LogP) is 1.49. The van der Waals surface area contributed by atoms with E-state index < -0.39 is 16.9 Å². The maximum Gasteiger partial charge on any atom is 0.257 e. The number of anilines is 1. The zero-order chi connectivity index (χ0) is 17.2. The van der Waals surface area contributed by atoms with Crippen molar-refractivity contribution < 1.29 is 9.90 Å². The van der Waals surface area contributed by atoms with Gasteiger partial charge in [0.05, 0.1) is 23.0 Å². The SMILES string of the molecule is CCCn1cc(C(=O)NC(C)(C)CO)c(=O)c2c(N)cccc21. The molecule has 2 aromatic rings. The van der Waals surface area contributed by atoms with Crippen LogP contribution in [0.3, 0.4) is 0 Å². The summed E-state index contributed by atoms with van der Waals surface area (Å²) in [5.74, 6) is -0.510. The normalized spacial score (nSPS) is 11.7. The topological polar surface area (TPSA) is 97.4 Å². The van der Waals surface area contributed by atoms with Gasteiger partial charge in [0.25, 0.3) is 5.91 Å². The van der Waals surface area contributed by atoms with Gasteiger partial charge in [-0.05, 0) is 32.4 Å². The second-order valence-corrected chi connectivity index (χ2v) is 6.30. The lowest BCUT2D eigenvalue weighted by Crippen LogP contribution is -2.47. The molecule has 4 N–H and O–H groups in total. The minimum atomic E-state index is -0.809. The molecule has 0 aliphatic heterocycles. The van der Waals surface area contributed by atoms with Crippen molar-refractivity contribution in [3.63, 3.8) is 0 Å². The number of hydrogen-bond donors (Lipinski definition) is 3.